The lowest BCUT2D eigenvalue weighted by Gasteiger charge is -2.17. The molecule has 26 heavy (non-hydrogen) atoms. The van der Waals surface area contributed by atoms with E-state index in [-0.39, 0.29) is 5.78 Å². The molecule has 2 rings (SSSR count). The van der Waals surface area contributed by atoms with Crippen LogP contribution in [0.5, 0.6) is 17.2 Å². The number of Topliss-reactive ketones (excluding diaryl/α,β-unsaturated/α-hetero) is 1. The number of hydrogen-bond acceptors (Lipinski definition) is 5. The number of ether oxygens (including phenoxy) is 3. The van der Waals surface area contributed by atoms with E-state index in [0.29, 0.717) is 27.3 Å². The minimum Gasteiger partial charge on any atom is -0.497 e. The fourth-order valence-corrected chi connectivity index (χ4v) is 2.95. The van der Waals surface area contributed by atoms with Crippen molar-refractivity contribution in [3.8, 4) is 17.2 Å². The lowest BCUT2D eigenvalue weighted by molar-refractivity contribution is 0.104. The first-order valence-electron chi connectivity index (χ1n) is 7.90. The summed E-state index contributed by atoms with van der Waals surface area (Å²) in [7, 11) is 8.59. The number of anilines is 1. The number of methoxy groups -OCH3 is 3. The molecule has 0 aliphatic rings. The zero-order valence-electron chi connectivity index (χ0n) is 15.5. The molecule has 0 bridgehead atoms. The van der Waals surface area contributed by atoms with Gasteiger partial charge in [0.05, 0.1) is 31.5 Å². The van der Waals surface area contributed by atoms with E-state index in [1.807, 2.05) is 25.1 Å². The normalized spacial score (nSPS) is 11.1. The van der Waals surface area contributed by atoms with Crippen molar-refractivity contribution < 1.29 is 19.0 Å². The van der Waals surface area contributed by atoms with Gasteiger partial charge in [-0.25, -0.2) is 0 Å². The summed E-state index contributed by atoms with van der Waals surface area (Å²) in [4.78, 5) is 14.7. The van der Waals surface area contributed by atoms with Gasteiger partial charge in [-0.15, -0.1) is 0 Å². The summed E-state index contributed by atoms with van der Waals surface area (Å²) < 4.78 is 16.4. The lowest BCUT2D eigenvalue weighted by Crippen LogP contribution is -2.11. The Labute approximate surface area is 162 Å². The van der Waals surface area contributed by atoms with Gasteiger partial charge in [0.1, 0.15) is 17.2 Å². The number of allylic oxidation sites excluding steroid dienone is 1. The molecule has 2 aromatic carbocycles. The van der Waals surface area contributed by atoms with E-state index in [9.17, 15) is 4.79 Å². The van der Waals surface area contributed by atoms with E-state index >= 15 is 0 Å². The van der Waals surface area contributed by atoms with Crippen LogP contribution in [0, 0.1) is 0 Å². The third kappa shape index (κ3) is 4.38. The Morgan fingerprint density at radius 3 is 2.19 bits per heavy atom. The molecule has 0 aliphatic carbocycles. The van der Waals surface area contributed by atoms with Crippen molar-refractivity contribution >= 4 is 33.5 Å². The van der Waals surface area contributed by atoms with Crippen LogP contribution in [0.1, 0.15) is 15.9 Å². The fourth-order valence-electron chi connectivity index (χ4n) is 2.47. The summed E-state index contributed by atoms with van der Waals surface area (Å²) in [5.41, 5.74) is 2.13. The molecule has 0 atom stereocenters. The van der Waals surface area contributed by atoms with Gasteiger partial charge in [-0.05, 0) is 58.4 Å². The van der Waals surface area contributed by atoms with E-state index in [1.165, 1.54) is 0 Å². The molecule has 138 valence electrons. The topological polar surface area (TPSA) is 48.0 Å². The predicted molar refractivity (Wildman–Crippen MR) is 108 cm³/mol. The Bertz CT molecular complexity index is 831. The number of nitrogens with zero attached hydrogens (tertiary/aromatic N) is 1. The SMILES string of the molecule is COc1ccc(OC)c(C=C(Br)C(=O)c2ccc(OC)c(N(C)C)c2)c1. The van der Waals surface area contributed by atoms with Gasteiger partial charge in [0.2, 0.25) is 0 Å². The number of ketones is 1. The number of carbonyl (C=O) groups excluding carboxylic acids is 1. The molecule has 0 unspecified atom stereocenters. The molecule has 0 radical (unpaired) electrons. The van der Waals surface area contributed by atoms with Gasteiger partial charge in [0, 0.05) is 25.2 Å². The first-order chi connectivity index (χ1) is 12.4. The maximum Gasteiger partial charge on any atom is 0.200 e. The van der Waals surface area contributed by atoms with Crippen molar-refractivity contribution in [2.75, 3.05) is 40.3 Å². The van der Waals surface area contributed by atoms with Crippen LogP contribution >= 0.6 is 15.9 Å². The molecule has 6 heteroatoms. The molecule has 0 fully saturated rings. The number of carbonyl (C=O) groups is 1. The first kappa shape index (κ1) is 19.8. The van der Waals surface area contributed by atoms with Crippen LogP contribution in [0.25, 0.3) is 6.08 Å². The van der Waals surface area contributed by atoms with Gasteiger partial charge in [0.15, 0.2) is 5.78 Å². The summed E-state index contributed by atoms with van der Waals surface area (Å²) in [6, 6.07) is 10.7. The van der Waals surface area contributed by atoms with E-state index in [0.717, 1.165) is 11.3 Å². The van der Waals surface area contributed by atoms with Crippen molar-refractivity contribution in [1.29, 1.82) is 0 Å². The highest BCUT2D eigenvalue weighted by Crippen LogP contribution is 2.31. The smallest absolute Gasteiger partial charge is 0.200 e. The van der Waals surface area contributed by atoms with Gasteiger partial charge < -0.3 is 19.1 Å². The average Bonchev–Trinajstić information content (AvgIpc) is 2.66. The van der Waals surface area contributed by atoms with Crippen molar-refractivity contribution in [2.24, 2.45) is 0 Å². The minimum atomic E-state index is -0.138. The van der Waals surface area contributed by atoms with E-state index < -0.39 is 0 Å². The maximum absolute atomic E-state index is 12.8. The molecule has 0 heterocycles. The zero-order chi connectivity index (χ0) is 19.3. The summed E-state index contributed by atoms with van der Waals surface area (Å²) >= 11 is 3.39. The number of rotatable bonds is 7. The highest BCUT2D eigenvalue weighted by molar-refractivity contribution is 9.12. The molecule has 0 amide bonds. The number of halogens is 1. The monoisotopic (exact) mass is 419 g/mol. The van der Waals surface area contributed by atoms with Crippen molar-refractivity contribution in [3.05, 3.63) is 52.0 Å². The second-order valence-corrected chi connectivity index (χ2v) is 6.56. The quantitative estimate of drug-likeness (QED) is 0.491. The second kappa shape index (κ2) is 8.76. The molecular formula is C20H22BrNO4. The Kier molecular flexibility index (Phi) is 6.69. The van der Waals surface area contributed by atoms with Gasteiger partial charge in [-0.2, -0.15) is 0 Å². The summed E-state index contributed by atoms with van der Waals surface area (Å²) in [6.07, 6.45) is 1.73. The maximum atomic E-state index is 12.8. The minimum absolute atomic E-state index is 0.138. The van der Waals surface area contributed by atoms with Gasteiger partial charge in [-0.1, -0.05) is 0 Å². The third-order valence-corrected chi connectivity index (χ3v) is 4.45. The van der Waals surface area contributed by atoms with Crippen LogP contribution in [0.4, 0.5) is 5.69 Å². The zero-order valence-corrected chi connectivity index (χ0v) is 17.1. The van der Waals surface area contributed by atoms with Crippen molar-refractivity contribution in [1.82, 2.24) is 0 Å². The van der Waals surface area contributed by atoms with Gasteiger partial charge in [0.25, 0.3) is 0 Å². The third-order valence-electron chi connectivity index (χ3n) is 3.86. The molecular weight excluding hydrogens is 398 g/mol. The van der Waals surface area contributed by atoms with Crippen molar-refractivity contribution in [2.45, 2.75) is 0 Å². The molecule has 0 aromatic heterocycles. The number of benzene rings is 2. The Morgan fingerprint density at radius 2 is 1.62 bits per heavy atom. The Balaban J connectivity index is 2.41. The summed E-state index contributed by atoms with van der Waals surface area (Å²) in [5, 5.41) is 0. The average molecular weight is 420 g/mol. The largest absolute Gasteiger partial charge is 0.497 e. The summed E-state index contributed by atoms with van der Waals surface area (Å²) in [5.74, 6) is 1.91. The summed E-state index contributed by atoms with van der Waals surface area (Å²) in [6.45, 7) is 0. The number of hydrogen-bond donors (Lipinski definition) is 0. The highest BCUT2D eigenvalue weighted by Gasteiger charge is 2.15. The Hall–Kier alpha value is -2.47. The molecule has 0 saturated carbocycles. The molecule has 0 N–H and O–H groups in total. The van der Waals surface area contributed by atoms with Crippen LogP contribution in [0.2, 0.25) is 0 Å². The highest BCUT2D eigenvalue weighted by atomic mass is 79.9. The predicted octanol–water partition coefficient (Wildman–Crippen LogP) is 4.40. The standard InChI is InChI=1S/C20H22BrNO4/c1-22(2)17-12-13(6-8-19(17)26-5)20(23)16(21)11-14-10-15(24-3)7-9-18(14)25-4/h6-12H,1-5H3. The van der Waals surface area contributed by atoms with E-state index in [4.69, 9.17) is 14.2 Å². The van der Waals surface area contributed by atoms with Crippen LogP contribution in [0.15, 0.2) is 40.9 Å². The Morgan fingerprint density at radius 1 is 0.962 bits per heavy atom. The molecule has 0 saturated heterocycles. The first-order valence-corrected chi connectivity index (χ1v) is 8.69. The van der Waals surface area contributed by atoms with Gasteiger partial charge >= 0.3 is 0 Å². The van der Waals surface area contributed by atoms with Crippen molar-refractivity contribution in [3.63, 3.8) is 0 Å². The fraction of sp³-hybridized carbons (Fsp3) is 0.250. The van der Waals surface area contributed by atoms with E-state index in [1.54, 1.807) is 57.7 Å². The molecule has 5 nitrogen and oxygen atoms in total. The van der Waals surface area contributed by atoms with Crippen LogP contribution in [0.3, 0.4) is 0 Å². The van der Waals surface area contributed by atoms with Crippen LogP contribution in [-0.2, 0) is 0 Å². The van der Waals surface area contributed by atoms with Crippen LogP contribution in [-0.4, -0.2) is 41.2 Å². The second-order valence-electron chi connectivity index (χ2n) is 5.71. The van der Waals surface area contributed by atoms with Gasteiger partial charge in [-0.3, -0.25) is 4.79 Å². The molecule has 0 spiro atoms. The van der Waals surface area contributed by atoms with E-state index in [2.05, 4.69) is 15.9 Å². The molecule has 0 aliphatic heterocycles. The molecule has 2 aromatic rings. The van der Waals surface area contributed by atoms with Crippen LogP contribution < -0.4 is 19.1 Å². The lowest BCUT2D eigenvalue weighted by atomic mass is 10.1.